The molecule has 4 rings (SSSR count). The van der Waals surface area contributed by atoms with Crippen molar-refractivity contribution in [2.24, 2.45) is 0 Å². The van der Waals surface area contributed by atoms with E-state index >= 15 is 0 Å². The predicted octanol–water partition coefficient (Wildman–Crippen LogP) is 0.344. The highest BCUT2D eigenvalue weighted by atomic mass is 16.5. The van der Waals surface area contributed by atoms with Crippen molar-refractivity contribution >= 4 is 11.7 Å². The van der Waals surface area contributed by atoms with Crippen molar-refractivity contribution in [2.45, 2.75) is 12.8 Å². The van der Waals surface area contributed by atoms with E-state index in [4.69, 9.17) is 4.74 Å². The molecule has 130 valence electrons. The Hall–Kier alpha value is -2.61. The SMILES string of the molecule is O=C(c1ccnnc1)N1CCc2ncnc(N3CCOCC3)c2CC1. The molecule has 2 aromatic rings. The van der Waals surface area contributed by atoms with E-state index in [1.807, 2.05) is 4.90 Å². The summed E-state index contributed by atoms with van der Waals surface area (Å²) < 4.78 is 5.44. The van der Waals surface area contributed by atoms with Crippen LogP contribution in [0.4, 0.5) is 5.82 Å². The number of fused-ring (bicyclic) bond motifs is 1. The minimum absolute atomic E-state index is 0.0106. The molecule has 0 spiro atoms. The first-order valence-corrected chi connectivity index (χ1v) is 8.54. The van der Waals surface area contributed by atoms with Crippen LogP contribution >= 0.6 is 0 Å². The van der Waals surface area contributed by atoms with Gasteiger partial charge < -0.3 is 14.5 Å². The Morgan fingerprint density at radius 3 is 2.68 bits per heavy atom. The molecule has 0 bridgehead atoms. The second kappa shape index (κ2) is 7.10. The Bertz CT molecular complexity index is 748. The van der Waals surface area contributed by atoms with Gasteiger partial charge >= 0.3 is 0 Å². The van der Waals surface area contributed by atoms with Gasteiger partial charge in [-0.2, -0.15) is 10.2 Å². The number of anilines is 1. The lowest BCUT2D eigenvalue weighted by Gasteiger charge is -2.29. The van der Waals surface area contributed by atoms with Crippen LogP contribution in [0, 0.1) is 0 Å². The van der Waals surface area contributed by atoms with Gasteiger partial charge in [0.1, 0.15) is 12.1 Å². The van der Waals surface area contributed by atoms with Crippen LogP contribution < -0.4 is 4.90 Å². The van der Waals surface area contributed by atoms with E-state index in [-0.39, 0.29) is 5.91 Å². The Labute approximate surface area is 145 Å². The fraction of sp³-hybridized carbons (Fsp3) is 0.471. The molecule has 0 unspecified atom stereocenters. The maximum atomic E-state index is 12.7. The van der Waals surface area contributed by atoms with Crippen molar-refractivity contribution in [3.05, 3.63) is 41.6 Å². The molecule has 1 fully saturated rings. The number of nitrogens with zero attached hydrogens (tertiary/aromatic N) is 6. The van der Waals surface area contributed by atoms with Gasteiger partial charge in [0.2, 0.25) is 0 Å². The van der Waals surface area contributed by atoms with Crippen LogP contribution in [0.2, 0.25) is 0 Å². The third-order valence-corrected chi connectivity index (χ3v) is 4.69. The monoisotopic (exact) mass is 340 g/mol. The summed E-state index contributed by atoms with van der Waals surface area (Å²) in [6, 6.07) is 1.70. The topological polar surface area (TPSA) is 84.3 Å². The van der Waals surface area contributed by atoms with E-state index in [0.717, 1.165) is 56.2 Å². The highest BCUT2D eigenvalue weighted by Gasteiger charge is 2.25. The summed E-state index contributed by atoms with van der Waals surface area (Å²) in [5.41, 5.74) is 2.77. The molecule has 25 heavy (non-hydrogen) atoms. The number of hydrogen-bond donors (Lipinski definition) is 0. The summed E-state index contributed by atoms with van der Waals surface area (Å²) in [5, 5.41) is 7.53. The zero-order valence-electron chi connectivity index (χ0n) is 14.0. The number of carbonyl (C=O) groups is 1. The molecule has 4 heterocycles. The van der Waals surface area contributed by atoms with E-state index in [1.165, 1.54) is 6.20 Å². The zero-order valence-corrected chi connectivity index (χ0v) is 14.0. The third kappa shape index (κ3) is 3.30. The number of ether oxygens (including phenoxy) is 1. The van der Waals surface area contributed by atoms with Crippen molar-refractivity contribution in [3.8, 4) is 0 Å². The van der Waals surface area contributed by atoms with Crippen LogP contribution in [-0.4, -0.2) is 70.4 Å². The normalized spacial score (nSPS) is 17.8. The quantitative estimate of drug-likeness (QED) is 0.779. The second-order valence-corrected chi connectivity index (χ2v) is 6.15. The van der Waals surface area contributed by atoms with Crippen molar-refractivity contribution in [1.82, 2.24) is 25.1 Å². The van der Waals surface area contributed by atoms with Gasteiger partial charge in [-0.05, 0) is 12.5 Å². The Morgan fingerprint density at radius 1 is 1.04 bits per heavy atom. The molecular formula is C17H20N6O2. The first-order chi connectivity index (χ1) is 12.3. The average Bonchev–Trinajstić information content (AvgIpc) is 2.91. The molecule has 2 aliphatic heterocycles. The molecule has 0 radical (unpaired) electrons. The van der Waals surface area contributed by atoms with Gasteiger partial charge in [-0.25, -0.2) is 9.97 Å². The summed E-state index contributed by atoms with van der Waals surface area (Å²) in [4.78, 5) is 25.8. The number of aromatic nitrogens is 4. The van der Waals surface area contributed by atoms with Crippen molar-refractivity contribution in [1.29, 1.82) is 0 Å². The standard InChI is InChI=1S/C17H20N6O2/c24-17(13-1-4-20-21-11-13)23-5-2-14-15(3-6-23)18-12-19-16(14)22-7-9-25-10-8-22/h1,4,11-12H,2-3,5-10H2. The van der Waals surface area contributed by atoms with Crippen LogP contribution in [0.5, 0.6) is 0 Å². The minimum atomic E-state index is -0.0106. The van der Waals surface area contributed by atoms with Crippen LogP contribution in [0.15, 0.2) is 24.8 Å². The molecular weight excluding hydrogens is 320 g/mol. The molecule has 1 saturated heterocycles. The molecule has 0 N–H and O–H groups in total. The van der Waals surface area contributed by atoms with Crippen LogP contribution in [-0.2, 0) is 17.6 Å². The van der Waals surface area contributed by atoms with Crippen LogP contribution in [0.25, 0.3) is 0 Å². The van der Waals surface area contributed by atoms with Gasteiger partial charge in [0, 0.05) is 38.2 Å². The maximum absolute atomic E-state index is 12.7. The van der Waals surface area contributed by atoms with Gasteiger partial charge in [0.15, 0.2) is 0 Å². The number of morpholine rings is 1. The molecule has 2 aromatic heterocycles. The van der Waals surface area contributed by atoms with Gasteiger partial charge in [0.25, 0.3) is 5.91 Å². The average molecular weight is 340 g/mol. The Kier molecular flexibility index (Phi) is 4.51. The van der Waals surface area contributed by atoms with Crippen LogP contribution in [0.3, 0.4) is 0 Å². The van der Waals surface area contributed by atoms with E-state index < -0.39 is 0 Å². The number of rotatable bonds is 2. The first-order valence-electron chi connectivity index (χ1n) is 8.54. The predicted molar refractivity (Wildman–Crippen MR) is 90.4 cm³/mol. The van der Waals surface area contributed by atoms with Crippen molar-refractivity contribution < 1.29 is 9.53 Å². The molecule has 0 aliphatic carbocycles. The zero-order chi connectivity index (χ0) is 17.1. The summed E-state index contributed by atoms with van der Waals surface area (Å²) in [6.07, 6.45) is 6.18. The number of amides is 1. The van der Waals surface area contributed by atoms with Crippen molar-refractivity contribution in [3.63, 3.8) is 0 Å². The molecule has 1 amide bonds. The first kappa shape index (κ1) is 15.9. The van der Waals surface area contributed by atoms with E-state index in [0.29, 0.717) is 18.7 Å². The summed E-state index contributed by atoms with van der Waals surface area (Å²) in [5.74, 6) is 0.983. The number of carbonyl (C=O) groups excluding carboxylic acids is 1. The summed E-state index contributed by atoms with van der Waals surface area (Å²) in [7, 11) is 0. The lowest BCUT2D eigenvalue weighted by Crippen LogP contribution is -2.37. The molecule has 0 aromatic carbocycles. The van der Waals surface area contributed by atoms with Gasteiger partial charge in [-0.3, -0.25) is 4.79 Å². The molecule has 0 saturated carbocycles. The molecule has 8 nitrogen and oxygen atoms in total. The maximum Gasteiger partial charge on any atom is 0.255 e. The van der Waals surface area contributed by atoms with Crippen molar-refractivity contribution in [2.75, 3.05) is 44.3 Å². The van der Waals surface area contributed by atoms with Crippen LogP contribution in [0.1, 0.15) is 21.6 Å². The Balaban J connectivity index is 1.55. The summed E-state index contributed by atoms with van der Waals surface area (Å²) in [6.45, 7) is 4.42. The van der Waals surface area contributed by atoms with E-state index in [1.54, 1.807) is 18.6 Å². The van der Waals surface area contributed by atoms with Gasteiger partial charge in [-0.15, -0.1) is 0 Å². The lowest BCUT2D eigenvalue weighted by atomic mass is 10.1. The third-order valence-electron chi connectivity index (χ3n) is 4.69. The lowest BCUT2D eigenvalue weighted by molar-refractivity contribution is 0.0762. The van der Waals surface area contributed by atoms with Gasteiger partial charge in [-0.1, -0.05) is 0 Å². The second-order valence-electron chi connectivity index (χ2n) is 6.15. The fourth-order valence-corrected chi connectivity index (χ4v) is 3.36. The largest absolute Gasteiger partial charge is 0.378 e. The van der Waals surface area contributed by atoms with Gasteiger partial charge in [0.05, 0.1) is 36.9 Å². The van der Waals surface area contributed by atoms with E-state index in [9.17, 15) is 4.79 Å². The number of hydrogen-bond acceptors (Lipinski definition) is 7. The summed E-state index contributed by atoms with van der Waals surface area (Å²) >= 11 is 0. The minimum Gasteiger partial charge on any atom is -0.378 e. The highest BCUT2D eigenvalue weighted by molar-refractivity contribution is 5.93. The molecule has 0 atom stereocenters. The smallest absolute Gasteiger partial charge is 0.255 e. The highest BCUT2D eigenvalue weighted by Crippen LogP contribution is 2.24. The Morgan fingerprint density at radius 2 is 1.88 bits per heavy atom. The molecule has 8 heteroatoms. The molecule has 2 aliphatic rings. The van der Waals surface area contributed by atoms with E-state index in [2.05, 4.69) is 25.1 Å². The fourth-order valence-electron chi connectivity index (χ4n) is 3.36.